The lowest BCUT2D eigenvalue weighted by molar-refractivity contribution is 0.415. The van der Waals surface area contributed by atoms with Crippen LogP contribution in [0.5, 0.6) is 0 Å². The molecule has 1 nitrogen and oxygen atoms in total. The Bertz CT molecular complexity index is 227. The van der Waals surface area contributed by atoms with Crippen molar-refractivity contribution in [1.29, 1.82) is 0 Å². The van der Waals surface area contributed by atoms with Crippen LogP contribution in [0, 0.1) is 5.41 Å². The molecule has 0 heterocycles. The van der Waals surface area contributed by atoms with Crippen LogP contribution in [0.1, 0.15) is 80.1 Å². The highest BCUT2D eigenvalue weighted by molar-refractivity contribution is 5.04. The molecule has 0 aromatic heterocycles. The summed E-state index contributed by atoms with van der Waals surface area (Å²) in [5, 5.41) is 3.54. The van der Waals surface area contributed by atoms with Gasteiger partial charge in [-0.15, -0.1) is 0 Å². The Morgan fingerprint density at radius 2 is 1.33 bits per heavy atom. The maximum absolute atomic E-state index is 4.19. The zero-order valence-corrected chi connectivity index (χ0v) is 13.7. The summed E-state index contributed by atoms with van der Waals surface area (Å²) in [6.07, 6.45) is 7.88. The first-order valence-corrected chi connectivity index (χ1v) is 7.56. The summed E-state index contributed by atoms with van der Waals surface area (Å²) in [6, 6.07) is 0. The molecular weight excluding hydrogens is 218 g/mol. The number of unbranched alkanes of at least 4 members (excludes halogenated alkanes) is 4. The van der Waals surface area contributed by atoms with Gasteiger partial charge in [-0.3, -0.25) is 0 Å². The van der Waals surface area contributed by atoms with E-state index in [9.17, 15) is 0 Å². The zero-order chi connectivity index (χ0) is 14.2. The predicted octanol–water partition coefficient (Wildman–Crippen LogP) is 5.32. The molecule has 0 unspecified atom stereocenters. The van der Waals surface area contributed by atoms with Gasteiger partial charge in [-0.2, -0.15) is 0 Å². The Kier molecular flexibility index (Phi) is 7.86. The summed E-state index contributed by atoms with van der Waals surface area (Å²) in [4.78, 5) is 0. The van der Waals surface area contributed by atoms with Crippen molar-refractivity contribution in [2.45, 2.75) is 85.6 Å². The van der Waals surface area contributed by atoms with Gasteiger partial charge in [0.1, 0.15) is 0 Å². The monoisotopic (exact) mass is 253 g/mol. The van der Waals surface area contributed by atoms with Gasteiger partial charge >= 0.3 is 0 Å². The van der Waals surface area contributed by atoms with Crippen molar-refractivity contribution in [3.05, 3.63) is 12.2 Å². The molecule has 18 heavy (non-hydrogen) atoms. The first kappa shape index (κ1) is 17.7. The molecule has 0 atom stereocenters. The first-order chi connectivity index (χ1) is 8.13. The highest BCUT2D eigenvalue weighted by Gasteiger charge is 2.13. The minimum atomic E-state index is 0.268. The van der Waals surface area contributed by atoms with E-state index in [1.807, 2.05) is 0 Å². The van der Waals surface area contributed by atoms with Gasteiger partial charge in [0.05, 0.1) is 0 Å². The van der Waals surface area contributed by atoms with E-state index in [0.29, 0.717) is 0 Å². The van der Waals surface area contributed by atoms with Crippen molar-refractivity contribution >= 4 is 0 Å². The van der Waals surface area contributed by atoms with Crippen molar-refractivity contribution < 1.29 is 0 Å². The van der Waals surface area contributed by atoms with Crippen molar-refractivity contribution in [1.82, 2.24) is 5.32 Å². The average Bonchev–Trinajstić information content (AvgIpc) is 2.18. The van der Waals surface area contributed by atoms with Crippen molar-refractivity contribution in [3.8, 4) is 0 Å². The maximum atomic E-state index is 4.19. The molecule has 0 aliphatic carbocycles. The van der Waals surface area contributed by atoms with E-state index in [4.69, 9.17) is 0 Å². The van der Waals surface area contributed by atoms with Crippen LogP contribution in [0.25, 0.3) is 0 Å². The summed E-state index contributed by atoms with van der Waals surface area (Å²) in [5.74, 6) is 0. The number of rotatable bonds is 8. The molecule has 0 aromatic rings. The quantitative estimate of drug-likeness (QED) is 0.456. The number of nitrogens with one attached hydrogen (secondary N) is 1. The third-order valence-electron chi connectivity index (χ3n) is 3.37. The molecule has 0 aliphatic rings. The minimum Gasteiger partial charge on any atom is -0.312 e. The molecule has 0 bridgehead atoms. The molecule has 0 amide bonds. The molecule has 0 saturated carbocycles. The van der Waals surface area contributed by atoms with Crippen molar-refractivity contribution in [2.75, 3.05) is 6.54 Å². The van der Waals surface area contributed by atoms with Gasteiger partial charge in [0.15, 0.2) is 0 Å². The van der Waals surface area contributed by atoms with Crippen LogP contribution in [0.2, 0.25) is 0 Å². The van der Waals surface area contributed by atoms with Crippen LogP contribution in [-0.4, -0.2) is 12.1 Å². The van der Waals surface area contributed by atoms with Crippen LogP contribution in [0.15, 0.2) is 12.2 Å². The predicted molar refractivity (Wildman–Crippen MR) is 84.1 cm³/mol. The lowest BCUT2D eigenvalue weighted by atomic mass is 9.84. The Hall–Kier alpha value is -0.300. The van der Waals surface area contributed by atoms with Crippen LogP contribution in [0.3, 0.4) is 0 Å². The summed E-state index contributed by atoms with van der Waals surface area (Å²) >= 11 is 0. The molecule has 0 radical (unpaired) electrons. The largest absolute Gasteiger partial charge is 0.312 e. The average molecular weight is 253 g/mol. The molecule has 1 N–H and O–H groups in total. The highest BCUT2D eigenvalue weighted by Crippen LogP contribution is 2.27. The smallest absolute Gasteiger partial charge is 0.00965 e. The van der Waals surface area contributed by atoms with Gasteiger partial charge in [-0.05, 0) is 52.0 Å². The van der Waals surface area contributed by atoms with Crippen LogP contribution < -0.4 is 5.32 Å². The van der Waals surface area contributed by atoms with Crippen LogP contribution >= 0.6 is 0 Å². The minimum absolute atomic E-state index is 0.268. The van der Waals surface area contributed by atoms with Crippen LogP contribution in [-0.2, 0) is 0 Å². The van der Waals surface area contributed by atoms with E-state index >= 15 is 0 Å². The van der Waals surface area contributed by atoms with Crippen LogP contribution in [0.4, 0.5) is 0 Å². The summed E-state index contributed by atoms with van der Waals surface area (Å²) in [5.41, 5.74) is 1.96. The van der Waals surface area contributed by atoms with Gasteiger partial charge < -0.3 is 5.32 Å². The fourth-order valence-electron chi connectivity index (χ4n) is 1.83. The molecule has 0 saturated heterocycles. The molecule has 1 heteroatoms. The number of allylic oxidation sites excluding steroid dienone is 1. The summed E-state index contributed by atoms with van der Waals surface area (Å²) in [6.45, 7) is 18.8. The topological polar surface area (TPSA) is 12.0 Å². The van der Waals surface area contributed by atoms with Gasteiger partial charge in [0.2, 0.25) is 0 Å². The molecule has 0 aliphatic heterocycles. The molecule has 0 spiro atoms. The molecule has 108 valence electrons. The SMILES string of the molecule is C=C(CCCCCCCNC(C)(C)C)C(C)(C)C. The van der Waals surface area contributed by atoms with E-state index in [2.05, 4.69) is 53.4 Å². The Labute approximate surface area is 115 Å². The highest BCUT2D eigenvalue weighted by atomic mass is 14.9. The number of hydrogen-bond donors (Lipinski definition) is 1. The third-order valence-corrected chi connectivity index (χ3v) is 3.37. The van der Waals surface area contributed by atoms with E-state index in [0.717, 1.165) is 6.54 Å². The fourth-order valence-corrected chi connectivity index (χ4v) is 1.83. The molecule has 0 rings (SSSR count). The lowest BCUT2D eigenvalue weighted by Crippen LogP contribution is -2.36. The Morgan fingerprint density at radius 3 is 1.83 bits per heavy atom. The van der Waals surface area contributed by atoms with Gasteiger partial charge in [-0.1, -0.05) is 52.2 Å². The van der Waals surface area contributed by atoms with Gasteiger partial charge in [-0.25, -0.2) is 0 Å². The second kappa shape index (κ2) is 7.99. The molecular formula is C17H35N. The second-order valence-corrected chi connectivity index (χ2v) is 7.55. The summed E-state index contributed by atoms with van der Waals surface area (Å²) < 4.78 is 0. The van der Waals surface area contributed by atoms with E-state index in [-0.39, 0.29) is 11.0 Å². The van der Waals surface area contributed by atoms with Gasteiger partial charge in [0, 0.05) is 5.54 Å². The van der Waals surface area contributed by atoms with Gasteiger partial charge in [0.25, 0.3) is 0 Å². The normalized spacial score (nSPS) is 12.8. The third kappa shape index (κ3) is 10.8. The second-order valence-electron chi connectivity index (χ2n) is 7.55. The summed E-state index contributed by atoms with van der Waals surface area (Å²) in [7, 11) is 0. The zero-order valence-electron chi connectivity index (χ0n) is 13.7. The maximum Gasteiger partial charge on any atom is 0.00965 e. The molecule has 0 aromatic carbocycles. The fraction of sp³-hybridized carbons (Fsp3) is 0.882. The van der Waals surface area contributed by atoms with Crippen molar-refractivity contribution in [3.63, 3.8) is 0 Å². The first-order valence-electron chi connectivity index (χ1n) is 7.56. The number of hydrogen-bond acceptors (Lipinski definition) is 1. The van der Waals surface area contributed by atoms with E-state index in [1.54, 1.807) is 0 Å². The lowest BCUT2D eigenvalue weighted by Gasteiger charge is -2.21. The van der Waals surface area contributed by atoms with Crippen molar-refractivity contribution in [2.24, 2.45) is 5.41 Å². The Morgan fingerprint density at radius 1 is 0.833 bits per heavy atom. The Balaban J connectivity index is 3.35. The van der Waals surface area contributed by atoms with E-state index < -0.39 is 0 Å². The molecule has 0 fully saturated rings. The van der Waals surface area contributed by atoms with E-state index in [1.165, 1.54) is 44.1 Å². The standard InChI is InChI=1S/C17H35N/c1-15(16(2,3)4)13-11-9-8-10-12-14-18-17(5,6)7/h18H,1,8-14H2,2-7H3.